The lowest BCUT2D eigenvalue weighted by Gasteiger charge is -2.33. The molecule has 0 aliphatic heterocycles. The fourth-order valence-electron chi connectivity index (χ4n) is 3.74. The normalized spacial score (nSPS) is 19.1. The van der Waals surface area contributed by atoms with Gasteiger partial charge in [-0.25, -0.2) is 0 Å². The number of halogens is 8. The van der Waals surface area contributed by atoms with Crippen molar-refractivity contribution in [2.45, 2.75) is 63.2 Å². The molecule has 32 heavy (non-hydrogen) atoms. The first-order chi connectivity index (χ1) is 14.1. The maximum absolute atomic E-state index is 12.7. The van der Waals surface area contributed by atoms with Crippen molar-refractivity contribution < 1.29 is 26.3 Å². The molecule has 1 aliphatic carbocycles. The molecule has 0 bridgehead atoms. The highest BCUT2D eigenvalue weighted by molar-refractivity contribution is 5.85. The van der Waals surface area contributed by atoms with Crippen LogP contribution in [0.3, 0.4) is 0 Å². The molecule has 2 aromatic rings. The second-order valence-electron chi connectivity index (χ2n) is 7.65. The van der Waals surface area contributed by atoms with Gasteiger partial charge in [0, 0.05) is 25.2 Å². The number of hydrogen-bond donors (Lipinski definition) is 2. The first-order valence-corrected chi connectivity index (χ1v) is 9.92. The fourth-order valence-corrected chi connectivity index (χ4v) is 3.74. The summed E-state index contributed by atoms with van der Waals surface area (Å²) in [5.74, 6) is 0. The zero-order valence-corrected chi connectivity index (χ0v) is 18.7. The molecule has 0 saturated heterocycles. The highest BCUT2D eigenvalue weighted by atomic mass is 35.5. The Kier molecular flexibility index (Phi) is 10.8. The third-order valence-electron chi connectivity index (χ3n) is 5.47. The molecular formula is C22H26Cl2F6N2. The Balaban J connectivity index is 0.00000256. The Morgan fingerprint density at radius 3 is 1.19 bits per heavy atom. The van der Waals surface area contributed by atoms with Crippen LogP contribution in [0.25, 0.3) is 0 Å². The van der Waals surface area contributed by atoms with Gasteiger partial charge in [-0.05, 0) is 48.2 Å². The standard InChI is InChI=1S/C22H24F6N2.2ClH/c23-21(24,25)17-9-5-15(6-10-17)13-29-19-3-1-2-4-20(19)30-14-16-7-11-18(12-8-16)22(26,27)28;;/h5-12,19-20,29-30H,1-4,13-14H2;2*1H. The van der Waals surface area contributed by atoms with Gasteiger partial charge in [-0.3, -0.25) is 0 Å². The maximum atomic E-state index is 12.7. The van der Waals surface area contributed by atoms with E-state index in [0.717, 1.165) is 61.1 Å². The van der Waals surface area contributed by atoms with Gasteiger partial charge in [-0.1, -0.05) is 37.1 Å². The van der Waals surface area contributed by atoms with Crippen molar-refractivity contribution >= 4 is 24.8 Å². The molecule has 10 heteroatoms. The van der Waals surface area contributed by atoms with Crippen LogP contribution in [-0.4, -0.2) is 12.1 Å². The van der Waals surface area contributed by atoms with Crippen molar-refractivity contribution in [3.8, 4) is 0 Å². The smallest absolute Gasteiger partial charge is 0.308 e. The van der Waals surface area contributed by atoms with Gasteiger partial charge in [0.25, 0.3) is 0 Å². The Bertz CT molecular complexity index is 738. The second kappa shape index (κ2) is 12.1. The topological polar surface area (TPSA) is 24.1 Å². The Morgan fingerprint density at radius 1 is 0.594 bits per heavy atom. The Hall–Kier alpha value is -1.48. The number of benzene rings is 2. The van der Waals surface area contributed by atoms with E-state index in [0.29, 0.717) is 13.1 Å². The predicted octanol–water partition coefficient (Wildman–Crippen LogP) is 6.76. The minimum Gasteiger partial charge on any atom is -0.308 e. The van der Waals surface area contributed by atoms with Gasteiger partial charge in [0.1, 0.15) is 0 Å². The van der Waals surface area contributed by atoms with Gasteiger partial charge in [-0.2, -0.15) is 26.3 Å². The van der Waals surface area contributed by atoms with Gasteiger partial charge >= 0.3 is 12.4 Å². The van der Waals surface area contributed by atoms with Crippen LogP contribution >= 0.6 is 24.8 Å². The lowest BCUT2D eigenvalue weighted by atomic mass is 9.90. The third-order valence-corrected chi connectivity index (χ3v) is 5.47. The SMILES string of the molecule is Cl.Cl.FC(F)(F)c1ccc(CNC2CCCCC2NCc2ccc(C(F)(F)F)cc2)cc1. The van der Waals surface area contributed by atoms with Crippen molar-refractivity contribution in [3.05, 3.63) is 70.8 Å². The van der Waals surface area contributed by atoms with E-state index >= 15 is 0 Å². The van der Waals surface area contributed by atoms with E-state index in [1.807, 2.05) is 0 Å². The van der Waals surface area contributed by atoms with Crippen LogP contribution in [0.4, 0.5) is 26.3 Å². The van der Waals surface area contributed by atoms with E-state index in [-0.39, 0.29) is 36.9 Å². The lowest BCUT2D eigenvalue weighted by molar-refractivity contribution is -0.138. The van der Waals surface area contributed by atoms with Crippen LogP contribution in [0.5, 0.6) is 0 Å². The first-order valence-electron chi connectivity index (χ1n) is 9.92. The number of hydrogen-bond acceptors (Lipinski definition) is 2. The van der Waals surface area contributed by atoms with Crippen LogP contribution in [0.15, 0.2) is 48.5 Å². The number of alkyl halides is 6. The molecule has 0 aromatic heterocycles. The minimum absolute atomic E-state index is 0. The molecule has 2 aromatic carbocycles. The monoisotopic (exact) mass is 502 g/mol. The van der Waals surface area contributed by atoms with Crippen molar-refractivity contribution in [3.63, 3.8) is 0 Å². The zero-order chi connectivity index (χ0) is 21.8. The molecule has 3 rings (SSSR count). The molecular weight excluding hydrogens is 477 g/mol. The summed E-state index contributed by atoms with van der Waals surface area (Å²) in [6.45, 7) is 0.919. The molecule has 1 saturated carbocycles. The summed E-state index contributed by atoms with van der Waals surface area (Å²) >= 11 is 0. The quantitative estimate of drug-likeness (QED) is 0.426. The molecule has 0 amide bonds. The summed E-state index contributed by atoms with van der Waals surface area (Å²) in [5.41, 5.74) is 0.213. The minimum atomic E-state index is -4.34. The van der Waals surface area contributed by atoms with Crippen LogP contribution < -0.4 is 10.6 Å². The molecule has 2 N–H and O–H groups in total. The summed E-state index contributed by atoms with van der Waals surface area (Å²) in [4.78, 5) is 0. The molecule has 0 radical (unpaired) electrons. The van der Waals surface area contributed by atoms with Crippen LogP contribution in [0.1, 0.15) is 47.9 Å². The van der Waals surface area contributed by atoms with E-state index in [4.69, 9.17) is 0 Å². The number of rotatable bonds is 6. The average molecular weight is 503 g/mol. The van der Waals surface area contributed by atoms with Crippen LogP contribution in [0, 0.1) is 0 Å². The van der Waals surface area contributed by atoms with Gasteiger partial charge in [-0.15, -0.1) is 24.8 Å². The number of nitrogens with one attached hydrogen (secondary N) is 2. The first kappa shape index (κ1) is 28.6. The third kappa shape index (κ3) is 8.14. The maximum Gasteiger partial charge on any atom is 0.416 e. The molecule has 0 heterocycles. The highest BCUT2D eigenvalue weighted by Crippen LogP contribution is 2.30. The second-order valence-corrected chi connectivity index (χ2v) is 7.65. The molecule has 0 spiro atoms. The van der Waals surface area contributed by atoms with E-state index in [9.17, 15) is 26.3 Å². The van der Waals surface area contributed by atoms with E-state index in [1.54, 1.807) is 0 Å². The van der Waals surface area contributed by atoms with Crippen molar-refractivity contribution in [1.82, 2.24) is 10.6 Å². The van der Waals surface area contributed by atoms with Gasteiger partial charge < -0.3 is 10.6 Å². The van der Waals surface area contributed by atoms with Crippen molar-refractivity contribution in [1.29, 1.82) is 0 Å². The summed E-state index contributed by atoms with van der Waals surface area (Å²) in [6, 6.07) is 10.5. The molecule has 2 unspecified atom stereocenters. The van der Waals surface area contributed by atoms with Crippen molar-refractivity contribution in [2.75, 3.05) is 0 Å². The zero-order valence-electron chi connectivity index (χ0n) is 17.1. The average Bonchev–Trinajstić information content (AvgIpc) is 2.70. The van der Waals surface area contributed by atoms with Crippen LogP contribution in [0.2, 0.25) is 0 Å². The van der Waals surface area contributed by atoms with Gasteiger partial charge in [0.2, 0.25) is 0 Å². The van der Waals surface area contributed by atoms with Gasteiger partial charge in [0.15, 0.2) is 0 Å². The molecule has 2 atom stereocenters. The van der Waals surface area contributed by atoms with Crippen molar-refractivity contribution in [2.24, 2.45) is 0 Å². The van der Waals surface area contributed by atoms with Crippen LogP contribution in [-0.2, 0) is 25.4 Å². The summed E-state index contributed by atoms with van der Waals surface area (Å²) in [6.07, 6.45) is -4.70. The van der Waals surface area contributed by atoms with Gasteiger partial charge in [0.05, 0.1) is 11.1 Å². The molecule has 1 fully saturated rings. The Labute approximate surface area is 196 Å². The van der Waals surface area contributed by atoms with E-state index in [1.165, 1.54) is 24.3 Å². The lowest BCUT2D eigenvalue weighted by Crippen LogP contribution is -2.49. The van der Waals surface area contributed by atoms with E-state index in [2.05, 4.69) is 10.6 Å². The fraction of sp³-hybridized carbons (Fsp3) is 0.455. The largest absolute Gasteiger partial charge is 0.416 e. The Morgan fingerprint density at radius 2 is 0.906 bits per heavy atom. The predicted molar refractivity (Wildman–Crippen MR) is 117 cm³/mol. The summed E-state index contributed by atoms with van der Waals surface area (Å²) in [7, 11) is 0. The highest BCUT2D eigenvalue weighted by Gasteiger charge is 2.31. The summed E-state index contributed by atoms with van der Waals surface area (Å²) in [5, 5.41) is 6.84. The van der Waals surface area contributed by atoms with E-state index < -0.39 is 23.5 Å². The summed E-state index contributed by atoms with van der Waals surface area (Å²) < 4.78 is 76.0. The molecule has 180 valence electrons. The molecule has 2 nitrogen and oxygen atoms in total. The molecule has 1 aliphatic rings.